The van der Waals surface area contributed by atoms with Crippen LogP contribution in [0.3, 0.4) is 0 Å². The highest BCUT2D eigenvalue weighted by atomic mass is 32.1. The summed E-state index contributed by atoms with van der Waals surface area (Å²) in [5, 5.41) is 16.0. The van der Waals surface area contributed by atoms with Gasteiger partial charge in [0.25, 0.3) is 0 Å². The zero-order valence-corrected chi connectivity index (χ0v) is 11.6. The number of methoxy groups -OCH3 is 1. The second kappa shape index (κ2) is 5.52. The van der Waals surface area contributed by atoms with E-state index in [-0.39, 0.29) is 0 Å². The summed E-state index contributed by atoms with van der Waals surface area (Å²) in [7, 11) is 1.66. The van der Waals surface area contributed by atoms with Gasteiger partial charge in [-0.1, -0.05) is 11.3 Å². The lowest BCUT2D eigenvalue weighted by Gasteiger charge is -2.02. The average molecular weight is 270 g/mol. The van der Waals surface area contributed by atoms with Crippen LogP contribution in [0.15, 0.2) is 5.38 Å². The predicted molar refractivity (Wildman–Crippen MR) is 70.5 cm³/mol. The van der Waals surface area contributed by atoms with E-state index >= 15 is 0 Å². The van der Waals surface area contributed by atoms with Crippen LogP contribution < -0.4 is 5.32 Å². The van der Waals surface area contributed by atoms with Crippen molar-refractivity contribution in [2.45, 2.75) is 26.5 Å². The lowest BCUT2D eigenvalue weighted by atomic mass is 10.4. The second-order valence-corrected chi connectivity index (χ2v) is 5.69. The van der Waals surface area contributed by atoms with E-state index in [1.54, 1.807) is 18.4 Å². The molecule has 0 bridgehead atoms. The van der Waals surface area contributed by atoms with Gasteiger partial charge in [0.15, 0.2) is 5.01 Å². The topological polar surface area (TPSA) is 59.9 Å². The summed E-state index contributed by atoms with van der Waals surface area (Å²) in [6.45, 7) is 4.68. The first kappa shape index (κ1) is 12.4. The van der Waals surface area contributed by atoms with E-state index in [9.17, 15) is 0 Å². The van der Waals surface area contributed by atoms with Gasteiger partial charge in [0.05, 0.1) is 6.61 Å². The van der Waals surface area contributed by atoms with E-state index in [0.717, 1.165) is 20.8 Å². The highest BCUT2D eigenvalue weighted by Gasteiger charge is 2.10. The molecule has 0 aliphatic carbocycles. The number of aromatic nitrogens is 3. The van der Waals surface area contributed by atoms with E-state index in [1.807, 2.05) is 5.38 Å². The predicted octanol–water partition coefficient (Wildman–Crippen LogP) is 2.63. The minimum Gasteiger partial charge on any atom is -0.378 e. The minimum atomic E-state index is 0.357. The van der Waals surface area contributed by atoms with Crippen molar-refractivity contribution >= 4 is 27.8 Å². The molecule has 0 aliphatic heterocycles. The maximum absolute atomic E-state index is 5.04. The third-order valence-corrected chi connectivity index (χ3v) is 3.58. The van der Waals surface area contributed by atoms with Crippen molar-refractivity contribution in [3.8, 4) is 10.7 Å². The number of thiazole rings is 1. The van der Waals surface area contributed by atoms with Gasteiger partial charge in [-0.15, -0.1) is 21.5 Å². The molecule has 0 aromatic carbocycles. The van der Waals surface area contributed by atoms with Crippen LogP contribution in [0.5, 0.6) is 0 Å². The van der Waals surface area contributed by atoms with Crippen LogP contribution in [-0.2, 0) is 11.3 Å². The van der Waals surface area contributed by atoms with Crippen LogP contribution in [0.4, 0.5) is 5.13 Å². The number of rotatable bonds is 5. The maximum Gasteiger partial charge on any atom is 0.206 e. The summed E-state index contributed by atoms with van der Waals surface area (Å²) in [4.78, 5) is 4.44. The van der Waals surface area contributed by atoms with Crippen molar-refractivity contribution in [1.29, 1.82) is 0 Å². The molecule has 0 aliphatic rings. The third-order valence-electron chi connectivity index (χ3n) is 1.88. The summed E-state index contributed by atoms with van der Waals surface area (Å²) in [5.41, 5.74) is 0.872. The first-order chi connectivity index (χ1) is 8.19. The molecule has 5 nitrogen and oxygen atoms in total. The molecule has 1 N–H and O–H groups in total. The Labute approximate surface area is 108 Å². The molecule has 0 unspecified atom stereocenters. The molecular formula is C10H14N4OS2. The van der Waals surface area contributed by atoms with Crippen LogP contribution >= 0.6 is 22.7 Å². The Bertz CT molecular complexity index is 480. The monoisotopic (exact) mass is 270 g/mol. The smallest absolute Gasteiger partial charge is 0.206 e. The number of nitrogens with one attached hydrogen (secondary N) is 1. The number of nitrogens with zero attached hydrogens (tertiary/aromatic N) is 3. The molecule has 7 heteroatoms. The molecule has 0 spiro atoms. The lowest BCUT2D eigenvalue weighted by molar-refractivity contribution is 0.184. The molecule has 0 radical (unpaired) electrons. The Morgan fingerprint density at radius 1 is 1.41 bits per heavy atom. The fourth-order valence-electron chi connectivity index (χ4n) is 1.23. The van der Waals surface area contributed by atoms with Gasteiger partial charge in [0, 0.05) is 18.5 Å². The van der Waals surface area contributed by atoms with Crippen molar-refractivity contribution in [1.82, 2.24) is 15.2 Å². The molecular weight excluding hydrogens is 256 g/mol. The van der Waals surface area contributed by atoms with Gasteiger partial charge in [0.1, 0.15) is 10.7 Å². The van der Waals surface area contributed by atoms with Gasteiger partial charge >= 0.3 is 0 Å². The van der Waals surface area contributed by atoms with Crippen LogP contribution in [-0.4, -0.2) is 28.3 Å². The van der Waals surface area contributed by atoms with Crippen LogP contribution in [0.25, 0.3) is 10.7 Å². The van der Waals surface area contributed by atoms with Crippen molar-refractivity contribution in [2.24, 2.45) is 0 Å². The Balaban J connectivity index is 2.12. The number of hydrogen-bond donors (Lipinski definition) is 1. The van der Waals surface area contributed by atoms with Crippen LogP contribution in [0.1, 0.15) is 18.9 Å². The van der Waals surface area contributed by atoms with E-state index in [0.29, 0.717) is 12.6 Å². The molecule has 17 heavy (non-hydrogen) atoms. The first-order valence-corrected chi connectivity index (χ1v) is 6.92. The number of hydrogen-bond acceptors (Lipinski definition) is 7. The highest BCUT2D eigenvalue weighted by Crippen LogP contribution is 2.27. The molecule has 0 saturated carbocycles. The summed E-state index contributed by atoms with van der Waals surface area (Å²) < 4.78 is 5.04. The number of anilines is 1. The van der Waals surface area contributed by atoms with Gasteiger partial charge in [0.2, 0.25) is 5.13 Å². The first-order valence-electron chi connectivity index (χ1n) is 5.23. The molecule has 2 aromatic rings. The third kappa shape index (κ3) is 3.21. The molecule has 2 aromatic heterocycles. The quantitative estimate of drug-likeness (QED) is 0.905. The fourth-order valence-corrected chi connectivity index (χ4v) is 2.90. The van der Waals surface area contributed by atoms with Crippen molar-refractivity contribution in [3.63, 3.8) is 0 Å². The van der Waals surface area contributed by atoms with Crippen LogP contribution in [0.2, 0.25) is 0 Å². The minimum absolute atomic E-state index is 0.357. The molecule has 0 saturated heterocycles. The Morgan fingerprint density at radius 2 is 2.24 bits per heavy atom. The molecule has 0 fully saturated rings. The second-order valence-electron chi connectivity index (χ2n) is 3.77. The summed E-state index contributed by atoms with van der Waals surface area (Å²) >= 11 is 3.09. The van der Waals surface area contributed by atoms with Gasteiger partial charge in [-0.25, -0.2) is 4.98 Å². The molecule has 92 valence electrons. The Hall–Kier alpha value is -1.05. The standard InChI is InChI=1S/C10H14N4OS2/c1-6(2)11-10-14-13-9(17-10)7-5-16-8(12-7)4-15-3/h5-6H,4H2,1-3H3,(H,11,14). The van der Waals surface area contributed by atoms with E-state index < -0.39 is 0 Å². The van der Waals surface area contributed by atoms with Crippen molar-refractivity contribution in [3.05, 3.63) is 10.4 Å². The summed E-state index contributed by atoms with van der Waals surface area (Å²) in [5.74, 6) is 0. The normalized spacial score (nSPS) is 11.1. The van der Waals surface area contributed by atoms with E-state index in [1.165, 1.54) is 11.3 Å². The molecule has 0 amide bonds. The molecule has 2 rings (SSSR count). The van der Waals surface area contributed by atoms with E-state index in [2.05, 4.69) is 34.3 Å². The summed E-state index contributed by atoms with van der Waals surface area (Å²) in [6.07, 6.45) is 0. The zero-order valence-electron chi connectivity index (χ0n) is 9.93. The summed E-state index contributed by atoms with van der Waals surface area (Å²) in [6, 6.07) is 0.357. The molecule has 0 atom stereocenters. The largest absolute Gasteiger partial charge is 0.378 e. The Kier molecular flexibility index (Phi) is 4.03. The SMILES string of the molecule is COCc1nc(-c2nnc(NC(C)C)s2)cs1. The van der Waals surface area contributed by atoms with Gasteiger partial charge in [-0.05, 0) is 13.8 Å². The van der Waals surface area contributed by atoms with Gasteiger partial charge < -0.3 is 10.1 Å². The van der Waals surface area contributed by atoms with E-state index in [4.69, 9.17) is 4.74 Å². The maximum atomic E-state index is 5.04. The number of ether oxygens (including phenoxy) is 1. The lowest BCUT2D eigenvalue weighted by Crippen LogP contribution is -2.08. The van der Waals surface area contributed by atoms with Crippen molar-refractivity contribution in [2.75, 3.05) is 12.4 Å². The zero-order chi connectivity index (χ0) is 12.3. The average Bonchev–Trinajstić information content (AvgIpc) is 2.86. The highest BCUT2D eigenvalue weighted by molar-refractivity contribution is 7.18. The Morgan fingerprint density at radius 3 is 2.94 bits per heavy atom. The molecule has 2 heterocycles. The van der Waals surface area contributed by atoms with Gasteiger partial charge in [-0.2, -0.15) is 0 Å². The fraction of sp³-hybridized carbons (Fsp3) is 0.500. The van der Waals surface area contributed by atoms with Gasteiger partial charge in [-0.3, -0.25) is 0 Å². The van der Waals surface area contributed by atoms with Crippen molar-refractivity contribution < 1.29 is 4.74 Å². The van der Waals surface area contributed by atoms with Crippen LogP contribution in [0, 0.1) is 0 Å².